The first-order valence-electron chi connectivity index (χ1n) is 11.0. The zero-order chi connectivity index (χ0) is 19.7. The summed E-state index contributed by atoms with van der Waals surface area (Å²) in [6, 6.07) is 0. The molecular weight excluding hydrogens is 360 g/mol. The van der Waals surface area contributed by atoms with Crippen LogP contribution in [0.5, 0.6) is 0 Å². The number of aliphatic hydroxyl groups is 1. The average molecular weight is 392 g/mol. The van der Waals surface area contributed by atoms with Crippen LogP contribution >= 0.6 is 0 Å². The molecule has 0 aromatic carbocycles. The molecule has 156 valence electrons. The van der Waals surface area contributed by atoms with E-state index in [1.807, 2.05) is 13.0 Å². The largest absolute Gasteiger partial charge is 0.388 e. The Kier molecular flexibility index (Phi) is 4.53. The first kappa shape index (κ1) is 19.2. The third-order valence-electron chi connectivity index (χ3n) is 8.17. The number of fused-ring (bicyclic) bond motifs is 2. The van der Waals surface area contributed by atoms with Crippen molar-refractivity contribution in [1.82, 2.24) is 0 Å². The smallest absolute Gasteiger partial charge is 0.201 e. The number of ketones is 1. The fourth-order valence-electron chi connectivity index (χ4n) is 6.53. The van der Waals surface area contributed by atoms with E-state index in [-0.39, 0.29) is 23.7 Å². The first-order valence-corrected chi connectivity index (χ1v) is 11.0. The summed E-state index contributed by atoms with van der Waals surface area (Å²) in [4.78, 5) is 24.0. The lowest BCUT2D eigenvalue weighted by atomic mass is 9.57. The standard InChI is InChI=1S/C22H32O6/c1-12-7-8-16-13(2)19(11-18(24)14-5-4-6-17(14)23)25-20-22(16)15(12)9-10-21(3,26-20)27-28-22/h5,12-13,15-16,18-20,24H,4,6-11H2,1-3H3/t12-,13-,15+,16+,18-,19-,20-,21?,22-/m1/s1. The summed E-state index contributed by atoms with van der Waals surface area (Å²) in [5, 5.41) is 10.7. The van der Waals surface area contributed by atoms with Gasteiger partial charge in [-0.3, -0.25) is 4.79 Å². The van der Waals surface area contributed by atoms with E-state index in [9.17, 15) is 9.90 Å². The van der Waals surface area contributed by atoms with Crippen LogP contribution in [0, 0.1) is 23.7 Å². The molecule has 6 aliphatic rings. The van der Waals surface area contributed by atoms with Gasteiger partial charge >= 0.3 is 0 Å². The van der Waals surface area contributed by atoms with Crippen molar-refractivity contribution in [2.75, 3.05) is 0 Å². The molecule has 1 unspecified atom stereocenters. The molecule has 4 saturated heterocycles. The normalized spacial score (nSPS) is 51.4. The summed E-state index contributed by atoms with van der Waals surface area (Å²) in [5.74, 6) is 0.588. The summed E-state index contributed by atoms with van der Waals surface area (Å²) in [6.07, 6.45) is 6.09. The van der Waals surface area contributed by atoms with Crippen LogP contribution in [-0.2, 0) is 24.0 Å². The molecular formula is C22H32O6. The molecule has 2 aliphatic carbocycles. The van der Waals surface area contributed by atoms with Crippen molar-refractivity contribution in [3.8, 4) is 0 Å². The van der Waals surface area contributed by atoms with Crippen molar-refractivity contribution < 1.29 is 29.1 Å². The number of carbonyl (C=O) groups is 1. The minimum atomic E-state index is -0.786. The second-order valence-electron chi connectivity index (χ2n) is 9.82. The number of Topliss-reactive ketones (excluding diaryl/α,β-unsaturated/α-hetero) is 1. The number of ether oxygens (including phenoxy) is 2. The molecule has 9 atom stereocenters. The van der Waals surface area contributed by atoms with Crippen LogP contribution in [0.25, 0.3) is 0 Å². The molecule has 6 nitrogen and oxygen atoms in total. The van der Waals surface area contributed by atoms with Crippen molar-refractivity contribution in [2.45, 2.75) is 95.6 Å². The maximum Gasteiger partial charge on any atom is 0.201 e. The van der Waals surface area contributed by atoms with Gasteiger partial charge in [-0.1, -0.05) is 19.9 Å². The molecule has 6 heteroatoms. The van der Waals surface area contributed by atoms with E-state index in [0.717, 1.165) is 32.1 Å². The minimum Gasteiger partial charge on any atom is -0.388 e. The Balaban J connectivity index is 1.44. The Morgan fingerprint density at radius 2 is 2.04 bits per heavy atom. The van der Waals surface area contributed by atoms with Crippen LogP contribution in [0.4, 0.5) is 0 Å². The molecule has 0 aromatic rings. The Bertz CT molecular complexity index is 691. The summed E-state index contributed by atoms with van der Waals surface area (Å²) in [5.41, 5.74) is -0.0159. The topological polar surface area (TPSA) is 74.2 Å². The molecule has 1 spiro atoms. The Labute approximate surface area is 166 Å². The Hall–Kier alpha value is -0.790. The van der Waals surface area contributed by atoms with Gasteiger partial charge in [-0.05, 0) is 50.4 Å². The lowest BCUT2D eigenvalue weighted by Gasteiger charge is -2.60. The van der Waals surface area contributed by atoms with E-state index in [2.05, 4.69) is 13.8 Å². The maximum absolute atomic E-state index is 12.0. The molecule has 0 amide bonds. The number of aliphatic hydroxyl groups excluding tert-OH is 1. The molecule has 5 fully saturated rings. The predicted molar refractivity (Wildman–Crippen MR) is 99.8 cm³/mol. The quantitative estimate of drug-likeness (QED) is 0.743. The highest BCUT2D eigenvalue weighted by Crippen LogP contribution is 2.60. The molecule has 2 bridgehead atoms. The molecule has 1 N–H and O–H groups in total. The van der Waals surface area contributed by atoms with Crippen molar-refractivity contribution in [3.63, 3.8) is 0 Å². The summed E-state index contributed by atoms with van der Waals surface area (Å²) in [6.45, 7) is 6.41. The van der Waals surface area contributed by atoms with Gasteiger partial charge in [0.05, 0.1) is 12.2 Å². The van der Waals surface area contributed by atoms with Gasteiger partial charge in [0.2, 0.25) is 5.79 Å². The van der Waals surface area contributed by atoms with E-state index >= 15 is 0 Å². The van der Waals surface area contributed by atoms with Gasteiger partial charge in [0.1, 0.15) is 0 Å². The molecule has 4 heterocycles. The molecule has 0 radical (unpaired) electrons. The SMILES string of the molecule is C[C@H]1[C@@H](C[C@@H](O)C2=CCCC2=O)O[C@@H]2OC3(C)CC[C@H]4[C@H](C)CC[C@@H]1[C@@]24OO3. The average Bonchev–Trinajstić information content (AvgIpc) is 2.96. The van der Waals surface area contributed by atoms with E-state index in [4.69, 9.17) is 19.2 Å². The minimum absolute atomic E-state index is 0.0630. The van der Waals surface area contributed by atoms with Gasteiger partial charge in [-0.25, -0.2) is 9.78 Å². The summed E-state index contributed by atoms with van der Waals surface area (Å²) >= 11 is 0. The number of rotatable bonds is 3. The second-order valence-corrected chi connectivity index (χ2v) is 9.82. The summed E-state index contributed by atoms with van der Waals surface area (Å²) in [7, 11) is 0. The van der Waals surface area contributed by atoms with Gasteiger partial charge in [-0.15, -0.1) is 0 Å². The van der Waals surface area contributed by atoms with Crippen LogP contribution < -0.4 is 0 Å². The lowest BCUT2D eigenvalue weighted by Crippen LogP contribution is -2.70. The predicted octanol–water partition coefficient (Wildman–Crippen LogP) is 3.28. The molecule has 4 aliphatic heterocycles. The Morgan fingerprint density at radius 3 is 2.79 bits per heavy atom. The van der Waals surface area contributed by atoms with Gasteiger partial charge in [0, 0.05) is 30.8 Å². The van der Waals surface area contributed by atoms with Crippen molar-refractivity contribution in [1.29, 1.82) is 0 Å². The van der Waals surface area contributed by atoms with Crippen molar-refractivity contribution in [3.05, 3.63) is 11.6 Å². The van der Waals surface area contributed by atoms with E-state index in [1.54, 1.807) is 0 Å². The fraction of sp³-hybridized carbons (Fsp3) is 0.864. The lowest BCUT2D eigenvalue weighted by molar-refractivity contribution is -0.571. The third kappa shape index (κ3) is 2.68. The number of hydrogen-bond acceptors (Lipinski definition) is 6. The van der Waals surface area contributed by atoms with E-state index < -0.39 is 23.8 Å². The molecule has 1 saturated carbocycles. The third-order valence-corrected chi connectivity index (χ3v) is 8.17. The van der Waals surface area contributed by atoms with E-state index in [0.29, 0.717) is 30.3 Å². The Morgan fingerprint density at radius 1 is 1.21 bits per heavy atom. The van der Waals surface area contributed by atoms with Crippen LogP contribution in [0.15, 0.2) is 11.6 Å². The number of allylic oxidation sites excluding steroid dienone is 1. The maximum atomic E-state index is 12.0. The molecule has 6 rings (SSSR count). The highest BCUT2D eigenvalue weighted by atomic mass is 17.3. The number of hydrogen-bond donors (Lipinski definition) is 1. The zero-order valence-corrected chi connectivity index (χ0v) is 17.1. The van der Waals surface area contributed by atoms with Crippen LogP contribution in [0.2, 0.25) is 0 Å². The molecule has 0 aromatic heterocycles. The first-order chi connectivity index (χ1) is 13.3. The molecule has 28 heavy (non-hydrogen) atoms. The van der Waals surface area contributed by atoms with Crippen molar-refractivity contribution >= 4 is 5.78 Å². The zero-order valence-electron chi connectivity index (χ0n) is 17.1. The van der Waals surface area contributed by atoms with Gasteiger partial charge < -0.3 is 14.6 Å². The van der Waals surface area contributed by atoms with Crippen molar-refractivity contribution in [2.24, 2.45) is 23.7 Å². The van der Waals surface area contributed by atoms with Gasteiger partial charge in [-0.2, -0.15) is 0 Å². The summed E-state index contributed by atoms with van der Waals surface area (Å²) < 4.78 is 12.8. The highest BCUT2D eigenvalue weighted by Gasteiger charge is 2.69. The van der Waals surface area contributed by atoms with Gasteiger partial charge in [0.15, 0.2) is 17.7 Å². The van der Waals surface area contributed by atoms with Crippen LogP contribution in [0.3, 0.4) is 0 Å². The van der Waals surface area contributed by atoms with Crippen LogP contribution in [-0.4, -0.2) is 40.8 Å². The van der Waals surface area contributed by atoms with Crippen LogP contribution in [0.1, 0.15) is 65.7 Å². The monoisotopic (exact) mass is 392 g/mol. The second kappa shape index (κ2) is 6.61. The number of carbonyl (C=O) groups excluding carboxylic acids is 1. The van der Waals surface area contributed by atoms with Gasteiger partial charge in [0.25, 0.3) is 0 Å². The fourth-order valence-corrected chi connectivity index (χ4v) is 6.53. The highest BCUT2D eigenvalue weighted by molar-refractivity contribution is 5.98. The van der Waals surface area contributed by atoms with E-state index in [1.165, 1.54) is 0 Å².